The van der Waals surface area contributed by atoms with Crippen molar-refractivity contribution in [2.24, 2.45) is 0 Å². The van der Waals surface area contributed by atoms with E-state index in [9.17, 15) is 8.42 Å². The van der Waals surface area contributed by atoms with E-state index in [1.165, 1.54) is 63.9 Å². The van der Waals surface area contributed by atoms with E-state index < -0.39 is 10.1 Å². The Morgan fingerprint density at radius 1 is 0.870 bits per heavy atom. The predicted molar refractivity (Wildman–Crippen MR) is 91.8 cm³/mol. The van der Waals surface area contributed by atoms with E-state index in [1.54, 1.807) is 12.1 Å². The van der Waals surface area contributed by atoms with Gasteiger partial charge in [0.15, 0.2) is 0 Å². The molecule has 126 valence electrons. The average Bonchev–Trinajstić information content (AvgIpc) is 2.49. The van der Waals surface area contributed by atoms with Gasteiger partial charge in [-0.2, -0.15) is 8.42 Å². The van der Waals surface area contributed by atoms with Gasteiger partial charge in [-0.3, -0.25) is 4.55 Å². The van der Waals surface area contributed by atoms with Gasteiger partial charge in [0.1, 0.15) is 0 Å². The second-order valence-electron chi connectivity index (χ2n) is 6.05. The monoisotopic (exact) mass is 349 g/mol. The van der Waals surface area contributed by atoms with Crippen LogP contribution in [0.3, 0.4) is 0 Å². The van der Waals surface area contributed by atoms with Crippen LogP contribution in [0.2, 0.25) is 0 Å². The van der Waals surface area contributed by atoms with E-state index in [4.69, 9.17) is 4.55 Å². The first-order chi connectivity index (χ1) is 10.5. The summed E-state index contributed by atoms with van der Waals surface area (Å²) >= 11 is 0. The molecule has 1 rings (SSSR count). The normalized spacial score (nSPS) is 11.2. The Morgan fingerprint density at radius 3 is 1.91 bits per heavy atom. The number of rotatable bonds is 12. The van der Waals surface area contributed by atoms with Crippen molar-refractivity contribution in [1.29, 1.82) is 0 Å². The molecular formula is C18H30NaO3S+. The van der Waals surface area contributed by atoms with Crippen molar-refractivity contribution < 1.29 is 42.5 Å². The Balaban J connectivity index is 0.00000484. The van der Waals surface area contributed by atoms with E-state index >= 15 is 0 Å². The maximum atomic E-state index is 11.1. The minimum atomic E-state index is -4.08. The average molecular weight is 349 g/mol. The van der Waals surface area contributed by atoms with Gasteiger partial charge < -0.3 is 0 Å². The minimum Gasteiger partial charge on any atom is -0.282 e. The smallest absolute Gasteiger partial charge is 0.282 e. The first-order valence-electron chi connectivity index (χ1n) is 8.60. The maximum absolute atomic E-state index is 11.1. The van der Waals surface area contributed by atoms with Crippen molar-refractivity contribution >= 4 is 10.1 Å². The molecule has 0 spiro atoms. The summed E-state index contributed by atoms with van der Waals surface area (Å²) < 4.78 is 31.2. The van der Waals surface area contributed by atoms with E-state index in [-0.39, 0.29) is 34.5 Å². The Hall–Kier alpha value is 0.130. The molecule has 0 atom stereocenters. The van der Waals surface area contributed by atoms with Gasteiger partial charge in [-0.05, 0) is 30.5 Å². The van der Waals surface area contributed by atoms with Crippen LogP contribution >= 0.6 is 0 Å². The maximum Gasteiger partial charge on any atom is 1.00 e. The third kappa shape index (κ3) is 11.3. The van der Waals surface area contributed by atoms with Crippen LogP contribution in [0.1, 0.15) is 76.7 Å². The van der Waals surface area contributed by atoms with Gasteiger partial charge in [-0.25, -0.2) is 0 Å². The van der Waals surface area contributed by atoms with Gasteiger partial charge in [-0.15, -0.1) is 0 Å². The van der Waals surface area contributed by atoms with Crippen LogP contribution in [0.4, 0.5) is 0 Å². The number of hydrogen-bond donors (Lipinski definition) is 1. The van der Waals surface area contributed by atoms with Gasteiger partial charge >= 0.3 is 29.6 Å². The molecule has 1 aromatic rings. The van der Waals surface area contributed by atoms with Crippen molar-refractivity contribution in [1.82, 2.24) is 0 Å². The van der Waals surface area contributed by atoms with Crippen molar-refractivity contribution in [3.8, 4) is 0 Å². The van der Waals surface area contributed by atoms with Gasteiger partial charge in [0.25, 0.3) is 10.1 Å². The zero-order valence-electron chi connectivity index (χ0n) is 14.8. The molecule has 0 aromatic heterocycles. The SMILES string of the molecule is CCCCCCCCCCCCc1cccc(S(=O)(=O)O)c1.[Na+]. The molecule has 0 heterocycles. The molecule has 0 aliphatic carbocycles. The molecule has 0 saturated carbocycles. The Kier molecular flexibility index (Phi) is 13.5. The van der Waals surface area contributed by atoms with E-state index in [1.807, 2.05) is 6.07 Å². The van der Waals surface area contributed by atoms with Crippen LogP contribution in [0.15, 0.2) is 29.2 Å². The van der Waals surface area contributed by atoms with Crippen molar-refractivity contribution in [3.05, 3.63) is 29.8 Å². The van der Waals surface area contributed by atoms with Gasteiger partial charge in [0.2, 0.25) is 0 Å². The zero-order chi connectivity index (χ0) is 16.3. The predicted octanol–water partition coefficient (Wildman–Crippen LogP) is 2.40. The molecular weight excluding hydrogens is 319 g/mol. The molecule has 1 N–H and O–H groups in total. The summed E-state index contributed by atoms with van der Waals surface area (Å²) in [5.41, 5.74) is 0.981. The summed E-state index contributed by atoms with van der Waals surface area (Å²) in [4.78, 5) is -0.00270. The quantitative estimate of drug-likeness (QED) is 0.358. The fourth-order valence-electron chi connectivity index (χ4n) is 2.68. The largest absolute Gasteiger partial charge is 1.00 e. The molecule has 5 heteroatoms. The molecule has 0 amide bonds. The first-order valence-corrected chi connectivity index (χ1v) is 10.0. The van der Waals surface area contributed by atoms with Crippen LogP contribution < -0.4 is 29.6 Å². The molecule has 3 nitrogen and oxygen atoms in total. The summed E-state index contributed by atoms with van der Waals surface area (Å²) in [5, 5.41) is 0. The molecule has 23 heavy (non-hydrogen) atoms. The first kappa shape index (κ1) is 23.1. The van der Waals surface area contributed by atoms with Gasteiger partial charge in [0.05, 0.1) is 4.90 Å². The van der Waals surface area contributed by atoms with E-state index in [2.05, 4.69) is 6.92 Å². The molecule has 0 aliphatic rings. The number of unbranched alkanes of at least 4 members (excludes halogenated alkanes) is 9. The number of benzene rings is 1. The second kappa shape index (κ2) is 13.4. The summed E-state index contributed by atoms with van der Waals surface area (Å²) in [6.07, 6.45) is 13.8. The van der Waals surface area contributed by atoms with E-state index in [0.717, 1.165) is 18.4 Å². The third-order valence-corrected chi connectivity index (χ3v) is 4.86. The second-order valence-corrected chi connectivity index (χ2v) is 7.48. The van der Waals surface area contributed by atoms with Crippen LogP contribution in [0.25, 0.3) is 0 Å². The Bertz CT molecular complexity index is 515. The van der Waals surface area contributed by atoms with E-state index in [0.29, 0.717) is 0 Å². The van der Waals surface area contributed by atoms with Crippen LogP contribution in [-0.2, 0) is 16.5 Å². The molecule has 0 fully saturated rings. The number of hydrogen-bond acceptors (Lipinski definition) is 2. The van der Waals surface area contributed by atoms with Crippen molar-refractivity contribution in [2.75, 3.05) is 0 Å². The van der Waals surface area contributed by atoms with Gasteiger partial charge in [-0.1, -0.05) is 76.8 Å². The fraction of sp³-hybridized carbons (Fsp3) is 0.667. The molecule has 0 aliphatic heterocycles. The fourth-order valence-corrected chi connectivity index (χ4v) is 3.23. The topological polar surface area (TPSA) is 54.4 Å². The van der Waals surface area contributed by atoms with Crippen LogP contribution in [0.5, 0.6) is 0 Å². The third-order valence-electron chi connectivity index (χ3n) is 4.02. The van der Waals surface area contributed by atoms with Crippen LogP contribution in [0, 0.1) is 0 Å². The van der Waals surface area contributed by atoms with Gasteiger partial charge in [0, 0.05) is 0 Å². The Labute approximate surface area is 164 Å². The minimum absolute atomic E-state index is 0. The van der Waals surface area contributed by atoms with Crippen molar-refractivity contribution in [2.45, 2.75) is 82.4 Å². The van der Waals surface area contributed by atoms with Crippen LogP contribution in [-0.4, -0.2) is 13.0 Å². The summed E-state index contributed by atoms with van der Waals surface area (Å²) in [6, 6.07) is 6.61. The Morgan fingerprint density at radius 2 is 1.39 bits per heavy atom. The molecule has 0 radical (unpaired) electrons. The molecule has 0 unspecified atom stereocenters. The molecule has 0 bridgehead atoms. The zero-order valence-corrected chi connectivity index (χ0v) is 17.6. The summed E-state index contributed by atoms with van der Waals surface area (Å²) in [6.45, 7) is 2.24. The number of aryl methyl sites for hydroxylation is 1. The molecule has 0 saturated heterocycles. The summed E-state index contributed by atoms with van der Waals surface area (Å²) in [5.74, 6) is 0. The standard InChI is InChI=1S/C18H30O3S.Na/c1-2-3-4-5-6-7-8-9-10-11-13-17-14-12-15-18(16-17)22(19,20)21;/h12,14-16H,2-11,13H2,1H3,(H,19,20,21);/q;+1. The van der Waals surface area contributed by atoms with Crippen molar-refractivity contribution in [3.63, 3.8) is 0 Å². The molecule has 1 aromatic carbocycles. The summed E-state index contributed by atoms with van der Waals surface area (Å²) in [7, 11) is -4.08.